The number of amides is 3. The maximum absolute atomic E-state index is 12.0. The van der Waals surface area contributed by atoms with E-state index in [-0.39, 0.29) is 11.8 Å². The SMILES string of the molecule is CN(C)c1cccc(NC(=O)C(=O)NC(=O)C2CCNCC2)c1. The molecule has 1 aromatic rings. The van der Waals surface area contributed by atoms with E-state index in [1.807, 2.05) is 25.1 Å². The Bertz CT molecular complexity index is 595. The molecule has 23 heavy (non-hydrogen) atoms. The molecule has 1 aromatic carbocycles. The van der Waals surface area contributed by atoms with Crippen molar-refractivity contribution in [3.63, 3.8) is 0 Å². The molecule has 1 aliphatic rings. The highest BCUT2D eigenvalue weighted by molar-refractivity contribution is 6.42. The molecule has 124 valence electrons. The van der Waals surface area contributed by atoms with Crippen LogP contribution < -0.4 is 20.9 Å². The average molecular weight is 318 g/mol. The molecule has 0 unspecified atom stereocenters. The Morgan fingerprint density at radius 2 is 1.83 bits per heavy atom. The van der Waals surface area contributed by atoms with Gasteiger partial charge in [-0.1, -0.05) is 6.07 Å². The Morgan fingerprint density at radius 3 is 2.48 bits per heavy atom. The predicted molar refractivity (Wildman–Crippen MR) is 88.1 cm³/mol. The highest BCUT2D eigenvalue weighted by Crippen LogP contribution is 2.17. The molecule has 1 fully saturated rings. The molecule has 2 rings (SSSR count). The second-order valence-corrected chi connectivity index (χ2v) is 5.74. The summed E-state index contributed by atoms with van der Waals surface area (Å²) in [4.78, 5) is 37.6. The molecule has 0 spiro atoms. The summed E-state index contributed by atoms with van der Waals surface area (Å²) in [7, 11) is 3.76. The summed E-state index contributed by atoms with van der Waals surface area (Å²) in [6, 6.07) is 7.10. The zero-order valence-corrected chi connectivity index (χ0v) is 13.4. The summed E-state index contributed by atoms with van der Waals surface area (Å²) < 4.78 is 0. The van der Waals surface area contributed by atoms with Gasteiger partial charge in [0.15, 0.2) is 0 Å². The van der Waals surface area contributed by atoms with E-state index in [1.54, 1.807) is 18.2 Å². The minimum Gasteiger partial charge on any atom is -0.378 e. The summed E-state index contributed by atoms with van der Waals surface area (Å²) in [5.74, 6) is -2.37. The highest BCUT2D eigenvalue weighted by atomic mass is 16.2. The van der Waals surface area contributed by atoms with Crippen LogP contribution in [0.1, 0.15) is 12.8 Å². The number of imide groups is 1. The lowest BCUT2D eigenvalue weighted by Crippen LogP contribution is -2.44. The number of rotatable bonds is 3. The molecule has 3 N–H and O–H groups in total. The smallest absolute Gasteiger partial charge is 0.316 e. The number of nitrogens with zero attached hydrogens (tertiary/aromatic N) is 1. The van der Waals surface area contributed by atoms with Crippen LogP contribution in [0.4, 0.5) is 11.4 Å². The van der Waals surface area contributed by atoms with Crippen molar-refractivity contribution in [3.05, 3.63) is 24.3 Å². The third-order valence-corrected chi connectivity index (χ3v) is 3.77. The Morgan fingerprint density at radius 1 is 1.13 bits per heavy atom. The molecule has 0 atom stereocenters. The minimum absolute atomic E-state index is 0.218. The molecule has 0 bridgehead atoms. The number of hydrogen-bond donors (Lipinski definition) is 3. The lowest BCUT2D eigenvalue weighted by molar-refractivity contribution is -0.141. The van der Waals surface area contributed by atoms with Gasteiger partial charge in [-0.05, 0) is 44.1 Å². The maximum atomic E-state index is 12.0. The summed E-state index contributed by atoms with van der Waals surface area (Å²) in [6.07, 6.45) is 1.34. The first-order valence-corrected chi connectivity index (χ1v) is 7.61. The van der Waals surface area contributed by atoms with E-state index in [9.17, 15) is 14.4 Å². The van der Waals surface area contributed by atoms with Gasteiger partial charge in [-0.3, -0.25) is 19.7 Å². The standard InChI is InChI=1S/C16H22N4O3/c1-20(2)13-5-3-4-12(10-13)18-15(22)16(23)19-14(21)11-6-8-17-9-7-11/h3-5,10-11,17H,6-9H2,1-2H3,(H,18,22)(H,19,21,23). The topological polar surface area (TPSA) is 90.5 Å². The first-order valence-electron chi connectivity index (χ1n) is 7.61. The molecule has 0 aromatic heterocycles. The van der Waals surface area contributed by atoms with Gasteiger partial charge in [-0.15, -0.1) is 0 Å². The van der Waals surface area contributed by atoms with E-state index in [4.69, 9.17) is 0 Å². The lowest BCUT2D eigenvalue weighted by Gasteiger charge is -2.21. The third-order valence-electron chi connectivity index (χ3n) is 3.77. The van der Waals surface area contributed by atoms with Gasteiger partial charge in [0.05, 0.1) is 0 Å². The highest BCUT2D eigenvalue weighted by Gasteiger charge is 2.25. The van der Waals surface area contributed by atoms with Crippen LogP contribution in [0.2, 0.25) is 0 Å². The van der Waals surface area contributed by atoms with Crippen molar-refractivity contribution in [3.8, 4) is 0 Å². The number of anilines is 2. The zero-order chi connectivity index (χ0) is 16.8. The quantitative estimate of drug-likeness (QED) is 0.699. The zero-order valence-electron chi connectivity index (χ0n) is 13.4. The fourth-order valence-corrected chi connectivity index (χ4v) is 2.40. The van der Waals surface area contributed by atoms with Gasteiger partial charge in [-0.2, -0.15) is 0 Å². The fraction of sp³-hybridized carbons (Fsp3) is 0.438. The predicted octanol–water partition coefficient (Wildman–Crippen LogP) is 0.334. The van der Waals surface area contributed by atoms with Gasteiger partial charge in [0.2, 0.25) is 5.91 Å². The molecule has 0 aliphatic carbocycles. The van der Waals surface area contributed by atoms with Gasteiger partial charge in [0.25, 0.3) is 0 Å². The largest absolute Gasteiger partial charge is 0.378 e. The summed E-state index contributed by atoms with van der Waals surface area (Å²) >= 11 is 0. The third kappa shape index (κ3) is 4.79. The molecule has 3 amide bonds. The van der Waals surface area contributed by atoms with Crippen molar-refractivity contribution in [2.24, 2.45) is 5.92 Å². The first kappa shape index (κ1) is 17.0. The van der Waals surface area contributed by atoms with E-state index in [0.29, 0.717) is 18.5 Å². The van der Waals surface area contributed by atoms with Crippen molar-refractivity contribution in [1.82, 2.24) is 10.6 Å². The lowest BCUT2D eigenvalue weighted by atomic mass is 9.97. The number of carbonyl (C=O) groups is 3. The number of piperidine rings is 1. The monoisotopic (exact) mass is 318 g/mol. The molecule has 1 aliphatic heterocycles. The number of carbonyl (C=O) groups excluding carboxylic acids is 3. The van der Waals surface area contributed by atoms with Crippen LogP contribution in [0.3, 0.4) is 0 Å². The van der Waals surface area contributed by atoms with Gasteiger partial charge < -0.3 is 15.5 Å². The van der Waals surface area contributed by atoms with Crippen molar-refractivity contribution in [2.45, 2.75) is 12.8 Å². The van der Waals surface area contributed by atoms with E-state index in [1.165, 1.54) is 0 Å². The molecular formula is C16H22N4O3. The molecule has 0 radical (unpaired) electrons. The summed E-state index contributed by atoms with van der Waals surface area (Å²) in [6.45, 7) is 1.49. The van der Waals surface area contributed by atoms with Crippen LogP contribution in [-0.2, 0) is 14.4 Å². The van der Waals surface area contributed by atoms with Gasteiger partial charge >= 0.3 is 11.8 Å². The van der Waals surface area contributed by atoms with Crippen LogP contribution in [0.25, 0.3) is 0 Å². The average Bonchev–Trinajstić information content (AvgIpc) is 2.55. The Labute approximate surface area is 135 Å². The molecule has 7 heteroatoms. The Hall–Kier alpha value is -2.41. The molecule has 1 heterocycles. The summed E-state index contributed by atoms with van der Waals surface area (Å²) in [5, 5.41) is 7.83. The van der Waals surface area contributed by atoms with E-state index < -0.39 is 11.8 Å². The summed E-state index contributed by atoms with van der Waals surface area (Å²) in [5.41, 5.74) is 1.40. The van der Waals surface area contributed by atoms with Crippen molar-refractivity contribution >= 4 is 29.1 Å². The van der Waals surface area contributed by atoms with Crippen molar-refractivity contribution in [2.75, 3.05) is 37.4 Å². The van der Waals surface area contributed by atoms with Gasteiger partial charge in [0.1, 0.15) is 0 Å². The molecule has 7 nitrogen and oxygen atoms in total. The van der Waals surface area contributed by atoms with Gasteiger partial charge in [-0.25, -0.2) is 0 Å². The second kappa shape index (κ2) is 7.73. The molecule has 0 saturated carbocycles. The van der Waals surface area contributed by atoms with Crippen molar-refractivity contribution < 1.29 is 14.4 Å². The van der Waals surface area contributed by atoms with Crippen LogP contribution in [0.5, 0.6) is 0 Å². The van der Waals surface area contributed by atoms with Crippen LogP contribution in [0, 0.1) is 5.92 Å². The van der Waals surface area contributed by atoms with E-state index in [0.717, 1.165) is 18.8 Å². The van der Waals surface area contributed by atoms with Crippen LogP contribution in [0.15, 0.2) is 24.3 Å². The fourth-order valence-electron chi connectivity index (χ4n) is 2.40. The van der Waals surface area contributed by atoms with Crippen LogP contribution >= 0.6 is 0 Å². The number of hydrogen-bond acceptors (Lipinski definition) is 5. The normalized spacial score (nSPS) is 14.9. The Balaban J connectivity index is 1.90. The number of nitrogens with one attached hydrogen (secondary N) is 3. The maximum Gasteiger partial charge on any atom is 0.316 e. The number of benzene rings is 1. The molecular weight excluding hydrogens is 296 g/mol. The van der Waals surface area contributed by atoms with Crippen LogP contribution in [-0.4, -0.2) is 44.9 Å². The molecule has 1 saturated heterocycles. The first-order chi connectivity index (χ1) is 11.0. The Kier molecular flexibility index (Phi) is 5.70. The second-order valence-electron chi connectivity index (χ2n) is 5.74. The van der Waals surface area contributed by atoms with E-state index >= 15 is 0 Å². The van der Waals surface area contributed by atoms with E-state index in [2.05, 4.69) is 16.0 Å². The van der Waals surface area contributed by atoms with Crippen molar-refractivity contribution in [1.29, 1.82) is 0 Å². The van der Waals surface area contributed by atoms with Gasteiger partial charge in [0, 0.05) is 31.4 Å². The minimum atomic E-state index is -0.927.